The monoisotopic (exact) mass is 329 g/mol. The minimum absolute atomic E-state index is 0.0378. The Kier molecular flexibility index (Phi) is 5.42. The van der Waals surface area contributed by atoms with E-state index in [0.717, 1.165) is 11.1 Å². The SMILES string of the molecule is COc1ccc(C(N)=O)c(OC(=O)COc2cc(C)cc(C)c2)c1. The predicted octanol–water partition coefficient (Wildman–Crippen LogP) is 2.40. The molecule has 0 radical (unpaired) electrons. The maximum atomic E-state index is 12.0. The lowest BCUT2D eigenvalue weighted by Crippen LogP contribution is -2.20. The molecule has 0 aromatic heterocycles. The van der Waals surface area contributed by atoms with Crippen molar-refractivity contribution in [2.24, 2.45) is 5.73 Å². The summed E-state index contributed by atoms with van der Waals surface area (Å²) in [5, 5.41) is 0. The van der Waals surface area contributed by atoms with Crippen LogP contribution in [-0.2, 0) is 4.79 Å². The predicted molar refractivity (Wildman–Crippen MR) is 88.6 cm³/mol. The molecule has 2 rings (SSSR count). The second-order valence-corrected chi connectivity index (χ2v) is 5.31. The number of aryl methyl sites for hydroxylation is 2. The maximum absolute atomic E-state index is 12.0. The van der Waals surface area contributed by atoms with Gasteiger partial charge in [0.1, 0.15) is 17.2 Å². The van der Waals surface area contributed by atoms with Crippen LogP contribution in [-0.4, -0.2) is 25.6 Å². The first kappa shape index (κ1) is 17.3. The van der Waals surface area contributed by atoms with Gasteiger partial charge in [0, 0.05) is 6.07 Å². The van der Waals surface area contributed by atoms with E-state index >= 15 is 0 Å². The fraction of sp³-hybridized carbons (Fsp3) is 0.222. The average molecular weight is 329 g/mol. The first-order valence-electron chi connectivity index (χ1n) is 7.28. The molecule has 2 N–H and O–H groups in total. The molecule has 0 saturated heterocycles. The van der Waals surface area contributed by atoms with Crippen molar-refractivity contribution in [3.63, 3.8) is 0 Å². The molecule has 1 amide bonds. The van der Waals surface area contributed by atoms with Crippen molar-refractivity contribution in [2.45, 2.75) is 13.8 Å². The van der Waals surface area contributed by atoms with Gasteiger partial charge in [0.05, 0.1) is 12.7 Å². The molecule has 0 bridgehead atoms. The zero-order valence-corrected chi connectivity index (χ0v) is 13.8. The molecule has 0 unspecified atom stereocenters. The lowest BCUT2D eigenvalue weighted by Gasteiger charge is -2.11. The van der Waals surface area contributed by atoms with Crippen LogP contribution in [0.3, 0.4) is 0 Å². The number of nitrogens with two attached hydrogens (primary N) is 1. The topological polar surface area (TPSA) is 87.9 Å². The van der Waals surface area contributed by atoms with Crippen molar-refractivity contribution in [2.75, 3.05) is 13.7 Å². The molecule has 0 atom stereocenters. The maximum Gasteiger partial charge on any atom is 0.349 e. The number of rotatable bonds is 6. The summed E-state index contributed by atoms with van der Waals surface area (Å²) in [4.78, 5) is 23.4. The summed E-state index contributed by atoms with van der Waals surface area (Å²) in [5.74, 6) is -0.292. The first-order valence-corrected chi connectivity index (χ1v) is 7.28. The molecule has 2 aromatic carbocycles. The van der Waals surface area contributed by atoms with Crippen LogP contribution in [0.1, 0.15) is 21.5 Å². The van der Waals surface area contributed by atoms with Gasteiger partial charge >= 0.3 is 5.97 Å². The highest BCUT2D eigenvalue weighted by atomic mass is 16.6. The number of hydrogen-bond acceptors (Lipinski definition) is 5. The van der Waals surface area contributed by atoms with Crippen molar-refractivity contribution in [1.82, 2.24) is 0 Å². The summed E-state index contributed by atoms with van der Waals surface area (Å²) >= 11 is 0. The van der Waals surface area contributed by atoms with E-state index in [1.54, 1.807) is 6.07 Å². The molecular formula is C18H19NO5. The molecular weight excluding hydrogens is 310 g/mol. The molecule has 126 valence electrons. The van der Waals surface area contributed by atoms with Gasteiger partial charge < -0.3 is 19.9 Å². The van der Waals surface area contributed by atoms with E-state index in [4.69, 9.17) is 19.9 Å². The van der Waals surface area contributed by atoms with E-state index in [0.29, 0.717) is 11.5 Å². The number of amides is 1. The van der Waals surface area contributed by atoms with Crippen molar-refractivity contribution in [3.8, 4) is 17.2 Å². The van der Waals surface area contributed by atoms with Gasteiger partial charge in [0.2, 0.25) is 0 Å². The molecule has 0 saturated carbocycles. The molecule has 0 aliphatic rings. The average Bonchev–Trinajstić information content (AvgIpc) is 2.51. The second-order valence-electron chi connectivity index (χ2n) is 5.31. The minimum Gasteiger partial charge on any atom is -0.497 e. The van der Waals surface area contributed by atoms with Crippen LogP contribution in [0.5, 0.6) is 17.2 Å². The number of benzene rings is 2. The van der Waals surface area contributed by atoms with E-state index in [9.17, 15) is 9.59 Å². The third-order valence-electron chi connectivity index (χ3n) is 3.23. The van der Waals surface area contributed by atoms with Gasteiger partial charge in [-0.1, -0.05) is 6.07 Å². The van der Waals surface area contributed by atoms with Crippen molar-refractivity contribution >= 4 is 11.9 Å². The van der Waals surface area contributed by atoms with Crippen LogP contribution >= 0.6 is 0 Å². The Balaban J connectivity index is 2.07. The normalized spacial score (nSPS) is 10.1. The Bertz CT molecular complexity index is 750. The van der Waals surface area contributed by atoms with Crippen molar-refractivity contribution in [1.29, 1.82) is 0 Å². The Morgan fingerprint density at radius 1 is 1.00 bits per heavy atom. The zero-order chi connectivity index (χ0) is 17.7. The summed E-state index contributed by atoms with van der Waals surface area (Å²) in [6, 6.07) is 10.1. The molecule has 2 aromatic rings. The van der Waals surface area contributed by atoms with Gasteiger partial charge in [-0.05, 0) is 49.2 Å². The molecule has 0 spiro atoms. The Labute approximate surface area is 140 Å². The summed E-state index contributed by atoms with van der Waals surface area (Å²) in [6.07, 6.45) is 0. The Morgan fingerprint density at radius 2 is 1.67 bits per heavy atom. The van der Waals surface area contributed by atoms with Gasteiger partial charge in [0.25, 0.3) is 5.91 Å². The van der Waals surface area contributed by atoms with E-state index < -0.39 is 11.9 Å². The summed E-state index contributed by atoms with van der Waals surface area (Å²) in [5.41, 5.74) is 7.43. The molecule has 0 aliphatic heterocycles. The van der Waals surface area contributed by atoms with Gasteiger partial charge in [-0.2, -0.15) is 0 Å². The van der Waals surface area contributed by atoms with Crippen LogP contribution in [0.4, 0.5) is 0 Å². The smallest absolute Gasteiger partial charge is 0.349 e. The largest absolute Gasteiger partial charge is 0.497 e. The summed E-state index contributed by atoms with van der Waals surface area (Å²) < 4.78 is 15.7. The fourth-order valence-electron chi connectivity index (χ4n) is 2.23. The summed E-state index contributed by atoms with van der Waals surface area (Å²) in [7, 11) is 1.47. The van der Waals surface area contributed by atoms with Crippen LogP contribution in [0.25, 0.3) is 0 Å². The number of carbonyl (C=O) groups is 2. The van der Waals surface area contributed by atoms with E-state index in [1.165, 1.54) is 19.2 Å². The van der Waals surface area contributed by atoms with Gasteiger partial charge in [0.15, 0.2) is 6.61 Å². The van der Waals surface area contributed by atoms with Crippen LogP contribution in [0.15, 0.2) is 36.4 Å². The lowest BCUT2D eigenvalue weighted by atomic mass is 10.1. The number of hydrogen-bond donors (Lipinski definition) is 1. The van der Waals surface area contributed by atoms with E-state index in [-0.39, 0.29) is 17.9 Å². The highest BCUT2D eigenvalue weighted by Gasteiger charge is 2.15. The van der Waals surface area contributed by atoms with Gasteiger partial charge in [-0.3, -0.25) is 4.79 Å². The van der Waals surface area contributed by atoms with Crippen LogP contribution in [0.2, 0.25) is 0 Å². The second kappa shape index (κ2) is 7.50. The molecule has 6 heteroatoms. The van der Waals surface area contributed by atoms with Crippen LogP contribution in [0, 0.1) is 13.8 Å². The van der Waals surface area contributed by atoms with Crippen molar-refractivity contribution in [3.05, 3.63) is 53.1 Å². The number of esters is 1. The van der Waals surface area contributed by atoms with Gasteiger partial charge in [-0.15, -0.1) is 0 Å². The Morgan fingerprint density at radius 3 is 2.25 bits per heavy atom. The van der Waals surface area contributed by atoms with Crippen LogP contribution < -0.4 is 19.9 Å². The Hall–Kier alpha value is -3.02. The molecule has 0 aliphatic carbocycles. The number of carbonyl (C=O) groups excluding carboxylic acids is 2. The number of methoxy groups -OCH3 is 1. The zero-order valence-electron chi connectivity index (χ0n) is 13.8. The highest BCUT2D eigenvalue weighted by Crippen LogP contribution is 2.25. The summed E-state index contributed by atoms with van der Waals surface area (Å²) in [6.45, 7) is 3.58. The first-order chi connectivity index (χ1) is 11.4. The number of ether oxygens (including phenoxy) is 3. The van der Waals surface area contributed by atoms with Gasteiger partial charge in [-0.25, -0.2) is 4.79 Å². The molecule has 24 heavy (non-hydrogen) atoms. The molecule has 0 heterocycles. The third kappa shape index (κ3) is 4.49. The fourth-order valence-corrected chi connectivity index (χ4v) is 2.23. The standard InChI is InChI=1S/C18H19NO5/c1-11-6-12(2)8-14(7-11)23-10-17(20)24-16-9-13(22-3)4-5-15(16)18(19)21/h4-9H,10H2,1-3H3,(H2,19,21). The van der Waals surface area contributed by atoms with E-state index in [2.05, 4.69) is 0 Å². The van der Waals surface area contributed by atoms with E-state index in [1.807, 2.05) is 32.0 Å². The van der Waals surface area contributed by atoms with Crippen molar-refractivity contribution < 1.29 is 23.8 Å². The lowest BCUT2D eigenvalue weighted by molar-refractivity contribution is -0.136. The minimum atomic E-state index is -0.698. The highest BCUT2D eigenvalue weighted by molar-refractivity contribution is 5.96. The quantitative estimate of drug-likeness (QED) is 0.649. The number of primary amides is 1. The molecule has 0 fully saturated rings. The third-order valence-corrected chi connectivity index (χ3v) is 3.23. The molecule has 6 nitrogen and oxygen atoms in total.